The molecule has 0 saturated carbocycles. The molecule has 6 heteroatoms. The van der Waals surface area contributed by atoms with E-state index in [2.05, 4.69) is 85.8 Å². The van der Waals surface area contributed by atoms with Gasteiger partial charge in [-0.15, -0.1) is 0 Å². The summed E-state index contributed by atoms with van der Waals surface area (Å²) >= 11 is 0. The number of hydrogen-bond acceptors (Lipinski definition) is 5. The Hall–Kier alpha value is -2.05. The van der Waals surface area contributed by atoms with Crippen LogP contribution in [0.25, 0.3) is 0 Å². The van der Waals surface area contributed by atoms with Crippen molar-refractivity contribution in [2.75, 3.05) is 36.0 Å². The molecule has 1 aromatic carbocycles. The Bertz CT molecular complexity index is 812. The van der Waals surface area contributed by atoms with Gasteiger partial charge in [-0.2, -0.15) is 0 Å². The summed E-state index contributed by atoms with van der Waals surface area (Å²) in [5, 5.41) is 0. The van der Waals surface area contributed by atoms with Crippen LogP contribution < -0.4 is 15.3 Å². The number of nitrogens with zero attached hydrogens (tertiary/aromatic N) is 3. The normalized spacial score (nSPS) is 20.9. The number of aryl methyl sites for hydroxylation is 1. The summed E-state index contributed by atoms with van der Waals surface area (Å²) in [4.78, 5) is 9.40. The summed E-state index contributed by atoms with van der Waals surface area (Å²) in [6.45, 7) is 14.5. The lowest BCUT2D eigenvalue weighted by Gasteiger charge is -2.37. The third-order valence-corrected chi connectivity index (χ3v) is 6.60. The second-order valence-corrected chi connectivity index (χ2v) is 9.02. The van der Waals surface area contributed by atoms with Crippen LogP contribution in [-0.4, -0.2) is 49.5 Å². The van der Waals surface area contributed by atoms with Gasteiger partial charge in [0.05, 0.1) is 23.1 Å². The molecule has 2 aromatic rings. The van der Waals surface area contributed by atoms with Crippen molar-refractivity contribution in [2.45, 2.75) is 52.2 Å². The lowest BCUT2D eigenvalue weighted by molar-refractivity contribution is 0.00578. The highest BCUT2D eigenvalue weighted by Crippen LogP contribution is 2.36. The molecular formula is C23H32BN3O2. The van der Waals surface area contributed by atoms with Crippen molar-refractivity contribution in [1.82, 2.24) is 4.98 Å². The van der Waals surface area contributed by atoms with Gasteiger partial charge >= 0.3 is 7.12 Å². The Morgan fingerprint density at radius 2 is 1.34 bits per heavy atom. The molecule has 1 aromatic heterocycles. The van der Waals surface area contributed by atoms with Crippen LogP contribution in [0.1, 0.15) is 40.3 Å². The fourth-order valence-electron chi connectivity index (χ4n) is 3.86. The van der Waals surface area contributed by atoms with Gasteiger partial charge in [0.15, 0.2) is 0 Å². The molecule has 0 aliphatic carbocycles. The number of anilines is 2. The first kappa shape index (κ1) is 20.2. The molecule has 2 fully saturated rings. The summed E-state index contributed by atoms with van der Waals surface area (Å²) in [6.07, 6.45) is 2.99. The molecule has 0 atom stereocenters. The van der Waals surface area contributed by atoms with Gasteiger partial charge in [-0.05, 0) is 63.8 Å². The Labute approximate surface area is 175 Å². The first-order valence-electron chi connectivity index (χ1n) is 10.7. The fourth-order valence-corrected chi connectivity index (χ4v) is 3.86. The molecule has 2 saturated heterocycles. The SMILES string of the molecule is CCc1ccc(N2CCN(c3ccc(B4OC(C)(C)C(C)(C)O4)cc3)CC2)cn1. The van der Waals surface area contributed by atoms with E-state index in [0.29, 0.717) is 0 Å². The second-order valence-electron chi connectivity index (χ2n) is 9.02. The molecule has 0 bridgehead atoms. The van der Waals surface area contributed by atoms with E-state index < -0.39 is 0 Å². The highest BCUT2D eigenvalue weighted by Gasteiger charge is 2.51. The van der Waals surface area contributed by atoms with Crippen LogP contribution in [0.4, 0.5) is 11.4 Å². The molecule has 2 aliphatic rings. The molecule has 0 radical (unpaired) electrons. The van der Waals surface area contributed by atoms with Crippen LogP contribution in [0.2, 0.25) is 0 Å². The molecule has 29 heavy (non-hydrogen) atoms. The van der Waals surface area contributed by atoms with Crippen LogP contribution in [0.3, 0.4) is 0 Å². The fraction of sp³-hybridized carbons (Fsp3) is 0.522. The lowest BCUT2D eigenvalue weighted by atomic mass is 9.79. The van der Waals surface area contributed by atoms with Gasteiger partial charge in [-0.1, -0.05) is 19.1 Å². The number of benzene rings is 1. The quantitative estimate of drug-likeness (QED) is 0.746. The smallest absolute Gasteiger partial charge is 0.399 e. The molecule has 3 heterocycles. The Morgan fingerprint density at radius 3 is 1.83 bits per heavy atom. The Morgan fingerprint density at radius 1 is 0.828 bits per heavy atom. The van der Waals surface area contributed by atoms with Gasteiger partial charge < -0.3 is 19.1 Å². The monoisotopic (exact) mass is 393 g/mol. The minimum Gasteiger partial charge on any atom is -0.399 e. The maximum Gasteiger partial charge on any atom is 0.494 e. The summed E-state index contributed by atoms with van der Waals surface area (Å²) in [5.74, 6) is 0. The van der Waals surface area contributed by atoms with E-state index in [1.807, 2.05) is 6.20 Å². The first-order valence-corrected chi connectivity index (χ1v) is 10.7. The van der Waals surface area contributed by atoms with Gasteiger partial charge in [0.2, 0.25) is 0 Å². The van der Waals surface area contributed by atoms with E-state index >= 15 is 0 Å². The lowest BCUT2D eigenvalue weighted by Crippen LogP contribution is -2.46. The molecule has 0 N–H and O–H groups in total. The van der Waals surface area contributed by atoms with Crippen molar-refractivity contribution in [3.05, 3.63) is 48.3 Å². The van der Waals surface area contributed by atoms with Crippen LogP contribution >= 0.6 is 0 Å². The van der Waals surface area contributed by atoms with E-state index in [9.17, 15) is 0 Å². The zero-order valence-corrected chi connectivity index (χ0v) is 18.3. The third-order valence-electron chi connectivity index (χ3n) is 6.60. The molecule has 154 valence electrons. The highest BCUT2D eigenvalue weighted by molar-refractivity contribution is 6.62. The van der Waals surface area contributed by atoms with E-state index in [1.54, 1.807) is 0 Å². The maximum absolute atomic E-state index is 6.17. The molecule has 5 nitrogen and oxygen atoms in total. The minimum atomic E-state index is -0.309. The molecule has 0 spiro atoms. The third kappa shape index (κ3) is 4.01. The van der Waals surface area contributed by atoms with Crippen molar-refractivity contribution in [3.63, 3.8) is 0 Å². The van der Waals surface area contributed by atoms with Crippen molar-refractivity contribution in [1.29, 1.82) is 0 Å². The van der Waals surface area contributed by atoms with Crippen LogP contribution in [0.5, 0.6) is 0 Å². The molecule has 2 aliphatic heterocycles. The number of aromatic nitrogens is 1. The van der Waals surface area contributed by atoms with Crippen molar-refractivity contribution >= 4 is 24.0 Å². The molecule has 4 rings (SSSR count). The highest BCUT2D eigenvalue weighted by atomic mass is 16.7. The van der Waals surface area contributed by atoms with Crippen molar-refractivity contribution < 1.29 is 9.31 Å². The van der Waals surface area contributed by atoms with E-state index in [4.69, 9.17) is 9.31 Å². The number of piperazine rings is 1. The first-order chi connectivity index (χ1) is 13.8. The second kappa shape index (κ2) is 7.65. The van der Waals surface area contributed by atoms with Crippen LogP contribution in [0, 0.1) is 0 Å². The zero-order valence-electron chi connectivity index (χ0n) is 18.3. The van der Waals surface area contributed by atoms with Gasteiger partial charge in [-0.25, -0.2) is 0 Å². The van der Waals surface area contributed by atoms with Crippen LogP contribution in [-0.2, 0) is 15.7 Å². The van der Waals surface area contributed by atoms with Crippen molar-refractivity contribution in [2.24, 2.45) is 0 Å². The standard InChI is InChI=1S/C23H32BN3O2/c1-6-19-9-12-21(17-25-19)27-15-13-26(14-16-27)20-10-7-18(8-11-20)24-28-22(2,3)23(4,5)29-24/h7-12,17H,6,13-16H2,1-5H3. The summed E-state index contributed by atoms with van der Waals surface area (Å²) in [7, 11) is -0.301. The van der Waals surface area contributed by atoms with Gasteiger partial charge in [0.1, 0.15) is 0 Å². The summed E-state index contributed by atoms with van der Waals surface area (Å²) < 4.78 is 12.3. The van der Waals surface area contributed by atoms with Gasteiger partial charge in [0.25, 0.3) is 0 Å². The zero-order chi connectivity index (χ0) is 20.6. The predicted octanol–water partition coefficient (Wildman–Crippen LogP) is 3.27. The van der Waals surface area contributed by atoms with Gasteiger partial charge in [-0.3, -0.25) is 4.98 Å². The van der Waals surface area contributed by atoms with E-state index in [0.717, 1.165) is 43.8 Å². The average Bonchev–Trinajstić information content (AvgIpc) is 2.95. The van der Waals surface area contributed by atoms with E-state index in [-0.39, 0.29) is 18.3 Å². The number of hydrogen-bond donors (Lipinski definition) is 0. The molecular weight excluding hydrogens is 361 g/mol. The van der Waals surface area contributed by atoms with E-state index in [1.165, 1.54) is 11.4 Å². The molecule has 0 unspecified atom stereocenters. The van der Waals surface area contributed by atoms with Crippen molar-refractivity contribution in [3.8, 4) is 0 Å². The Kier molecular flexibility index (Phi) is 5.34. The van der Waals surface area contributed by atoms with Gasteiger partial charge in [0, 0.05) is 37.6 Å². The van der Waals surface area contributed by atoms with Crippen LogP contribution in [0.15, 0.2) is 42.6 Å². The maximum atomic E-state index is 6.17. The number of rotatable bonds is 4. The predicted molar refractivity (Wildman–Crippen MR) is 120 cm³/mol. The summed E-state index contributed by atoms with van der Waals surface area (Å²) in [6, 6.07) is 13.0. The largest absolute Gasteiger partial charge is 0.494 e. The number of pyridine rings is 1. The minimum absolute atomic E-state index is 0.301. The summed E-state index contributed by atoms with van der Waals surface area (Å²) in [5.41, 5.74) is 4.08. The average molecular weight is 393 g/mol. The molecule has 0 amide bonds. The topological polar surface area (TPSA) is 37.8 Å². The Balaban J connectivity index is 1.37.